The molecule has 2 aromatic rings. The van der Waals surface area contributed by atoms with Crippen molar-refractivity contribution < 1.29 is 0 Å². The van der Waals surface area contributed by atoms with Crippen LogP contribution in [-0.2, 0) is 0 Å². The molecule has 0 amide bonds. The molecule has 1 heterocycles. The van der Waals surface area contributed by atoms with Crippen LogP contribution in [0.4, 0.5) is 23.0 Å². The summed E-state index contributed by atoms with van der Waals surface area (Å²) in [4.78, 5) is 11.0. The molecule has 130 valence electrons. The highest BCUT2D eigenvalue weighted by Gasteiger charge is 2.17. The van der Waals surface area contributed by atoms with E-state index in [9.17, 15) is 0 Å². The number of aromatic nitrogens is 2. The molecule has 0 saturated heterocycles. The van der Waals surface area contributed by atoms with Crippen LogP contribution < -0.4 is 16.0 Å². The molecule has 3 N–H and O–H groups in total. The zero-order valence-corrected chi connectivity index (χ0v) is 16.3. The van der Waals surface area contributed by atoms with Gasteiger partial charge < -0.3 is 16.0 Å². The van der Waals surface area contributed by atoms with Crippen molar-refractivity contribution in [1.82, 2.24) is 9.97 Å². The van der Waals surface area contributed by atoms with Crippen LogP contribution in [0.25, 0.3) is 0 Å². The minimum atomic E-state index is 0.527. The van der Waals surface area contributed by atoms with Gasteiger partial charge in [0.05, 0.1) is 0 Å². The van der Waals surface area contributed by atoms with Crippen LogP contribution >= 0.6 is 15.9 Å². The van der Waals surface area contributed by atoms with Crippen LogP contribution in [0.3, 0.4) is 0 Å². The fourth-order valence-electron chi connectivity index (χ4n) is 2.57. The maximum absolute atomic E-state index is 6.38. The Morgan fingerprint density at radius 3 is 2.38 bits per heavy atom. The van der Waals surface area contributed by atoms with Gasteiger partial charge in [-0.25, -0.2) is 9.97 Å². The van der Waals surface area contributed by atoms with E-state index >= 15 is 0 Å². The molecule has 2 rings (SSSR count). The molecule has 0 saturated carbocycles. The topological polar surface area (TPSA) is 67.1 Å². The SMILES string of the molecule is CC(C)CN(CC(C)C)c1ncnc(Nc2cccc(Br)c2)c1N. The molecule has 6 heteroatoms. The summed E-state index contributed by atoms with van der Waals surface area (Å²) in [5.41, 5.74) is 7.89. The van der Waals surface area contributed by atoms with Crippen LogP contribution in [0.15, 0.2) is 35.1 Å². The van der Waals surface area contributed by atoms with Crippen molar-refractivity contribution in [2.24, 2.45) is 11.8 Å². The number of hydrogen-bond donors (Lipinski definition) is 2. The normalized spacial score (nSPS) is 11.1. The fourth-order valence-corrected chi connectivity index (χ4v) is 2.97. The lowest BCUT2D eigenvalue weighted by atomic mass is 10.1. The number of rotatable bonds is 7. The van der Waals surface area contributed by atoms with E-state index < -0.39 is 0 Å². The number of hydrogen-bond acceptors (Lipinski definition) is 5. The van der Waals surface area contributed by atoms with E-state index in [-0.39, 0.29) is 0 Å². The summed E-state index contributed by atoms with van der Waals surface area (Å²) >= 11 is 3.47. The van der Waals surface area contributed by atoms with Crippen molar-refractivity contribution in [1.29, 1.82) is 0 Å². The number of benzene rings is 1. The van der Waals surface area contributed by atoms with E-state index in [0.717, 1.165) is 29.1 Å². The highest BCUT2D eigenvalue weighted by Crippen LogP contribution is 2.30. The van der Waals surface area contributed by atoms with Gasteiger partial charge in [0, 0.05) is 23.2 Å². The first kappa shape index (κ1) is 18.5. The lowest BCUT2D eigenvalue weighted by molar-refractivity contribution is 0.549. The molecule has 0 atom stereocenters. The maximum Gasteiger partial charge on any atom is 0.159 e. The molecular formula is C18H26BrN5. The average molecular weight is 392 g/mol. The second-order valence-corrected chi connectivity index (χ2v) is 7.70. The Morgan fingerprint density at radius 2 is 1.79 bits per heavy atom. The fraction of sp³-hybridized carbons (Fsp3) is 0.444. The van der Waals surface area contributed by atoms with Crippen LogP contribution in [0.1, 0.15) is 27.7 Å². The van der Waals surface area contributed by atoms with Crippen molar-refractivity contribution >= 4 is 38.9 Å². The third kappa shape index (κ3) is 5.09. The number of halogens is 1. The molecular weight excluding hydrogens is 366 g/mol. The summed E-state index contributed by atoms with van der Waals surface area (Å²) in [6.45, 7) is 10.6. The number of nitrogen functional groups attached to an aromatic ring is 1. The molecule has 0 aliphatic carbocycles. The van der Waals surface area contributed by atoms with Crippen molar-refractivity contribution in [2.45, 2.75) is 27.7 Å². The van der Waals surface area contributed by atoms with E-state index in [1.165, 1.54) is 0 Å². The van der Waals surface area contributed by atoms with Crippen LogP contribution in [0.5, 0.6) is 0 Å². The molecule has 0 aliphatic heterocycles. The Hall–Kier alpha value is -1.82. The third-order valence-corrected chi connectivity index (χ3v) is 3.91. The van der Waals surface area contributed by atoms with E-state index in [4.69, 9.17) is 5.73 Å². The van der Waals surface area contributed by atoms with Gasteiger partial charge in [-0.1, -0.05) is 49.7 Å². The molecule has 0 aliphatic rings. The monoisotopic (exact) mass is 391 g/mol. The number of nitrogens with two attached hydrogens (primary N) is 1. The summed E-state index contributed by atoms with van der Waals surface area (Å²) < 4.78 is 1.00. The van der Waals surface area contributed by atoms with Gasteiger partial charge in [0.25, 0.3) is 0 Å². The van der Waals surface area contributed by atoms with Gasteiger partial charge in [-0.05, 0) is 30.0 Å². The van der Waals surface area contributed by atoms with E-state index in [1.807, 2.05) is 24.3 Å². The molecule has 1 aromatic heterocycles. The zero-order chi connectivity index (χ0) is 17.7. The molecule has 24 heavy (non-hydrogen) atoms. The predicted octanol–water partition coefficient (Wildman–Crippen LogP) is 4.68. The van der Waals surface area contributed by atoms with Gasteiger partial charge in [-0.2, -0.15) is 0 Å². The second kappa shape index (κ2) is 8.33. The highest BCUT2D eigenvalue weighted by molar-refractivity contribution is 9.10. The van der Waals surface area contributed by atoms with Crippen molar-refractivity contribution in [3.05, 3.63) is 35.1 Å². The largest absolute Gasteiger partial charge is 0.393 e. The van der Waals surface area contributed by atoms with Gasteiger partial charge in [-0.3, -0.25) is 0 Å². The summed E-state index contributed by atoms with van der Waals surface area (Å²) in [5, 5.41) is 3.28. The number of nitrogens with zero attached hydrogens (tertiary/aromatic N) is 3. The second-order valence-electron chi connectivity index (χ2n) is 6.79. The van der Waals surface area contributed by atoms with Crippen molar-refractivity contribution in [3.8, 4) is 0 Å². The minimum absolute atomic E-state index is 0.527. The molecule has 0 spiro atoms. The number of nitrogens with one attached hydrogen (secondary N) is 1. The van der Waals surface area contributed by atoms with Gasteiger partial charge in [0.15, 0.2) is 11.6 Å². The Morgan fingerprint density at radius 1 is 1.12 bits per heavy atom. The summed E-state index contributed by atoms with van der Waals surface area (Å²) in [6.07, 6.45) is 1.57. The minimum Gasteiger partial charge on any atom is -0.393 e. The van der Waals surface area contributed by atoms with E-state index in [2.05, 4.69) is 63.8 Å². The highest BCUT2D eigenvalue weighted by atomic mass is 79.9. The predicted molar refractivity (Wildman–Crippen MR) is 106 cm³/mol. The smallest absolute Gasteiger partial charge is 0.159 e. The van der Waals surface area contributed by atoms with Crippen LogP contribution in [-0.4, -0.2) is 23.1 Å². The molecule has 0 radical (unpaired) electrons. The van der Waals surface area contributed by atoms with E-state index in [1.54, 1.807) is 6.33 Å². The Labute approximate surface area is 152 Å². The first-order chi connectivity index (χ1) is 11.4. The van der Waals surface area contributed by atoms with Gasteiger partial charge >= 0.3 is 0 Å². The third-order valence-electron chi connectivity index (χ3n) is 3.42. The Balaban J connectivity index is 2.30. The first-order valence-corrected chi connectivity index (χ1v) is 9.04. The molecule has 1 aromatic carbocycles. The van der Waals surface area contributed by atoms with Gasteiger partial charge in [0.2, 0.25) is 0 Å². The lowest BCUT2D eigenvalue weighted by Gasteiger charge is -2.28. The summed E-state index contributed by atoms with van der Waals surface area (Å²) in [5.74, 6) is 2.49. The quantitative estimate of drug-likeness (QED) is 0.716. The Bertz CT molecular complexity index is 662. The van der Waals surface area contributed by atoms with E-state index in [0.29, 0.717) is 23.3 Å². The molecule has 5 nitrogen and oxygen atoms in total. The standard InChI is InChI=1S/C18H26BrN5/c1-12(2)9-24(10-13(3)4)18-16(20)17(21-11-22-18)23-15-7-5-6-14(19)8-15/h5-8,11-13H,9-10,20H2,1-4H3,(H,21,22,23). The lowest BCUT2D eigenvalue weighted by Crippen LogP contribution is -2.32. The zero-order valence-electron chi connectivity index (χ0n) is 14.8. The maximum atomic E-state index is 6.38. The average Bonchev–Trinajstić information content (AvgIpc) is 2.48. The summed E-state index contributed by atoms with van der Waals surface area (Å²) in [7, 11) is 0. The van der Waals surface area contributed by atoms with Gasteiger partial charge in [0.1, 0.15) is 12.0 Å². The summed E-state index contributed by atoms with van der Waals surface area (Å²) in [6, 6.07) is 7.91. The van der Waals surface area contributed by atoms with Crippen molar-refractivity contribution in [3.63, 3.8) is 0 Å². The van der Waals surface area contributed by atoms with Gasteiger partial charge in [-0.15, -0.1) is 0 Å². The molecule has 0 unspecified atom stereocenters. The van der Waals surface area contributed by atoms with Crippen molar-refractivity contribution in [2.75, 3.05) is 29.0 Å². The van der Waals surface area contributed by atoms with Crippen LogP contribution in [0.2, 0.25) is 0 Å². The number of anilines is 4. The Kier molecular flexibility index (Phi) is 6.43. The molecule has 0 bridgehead atoms. The molecule has 0 fully saturated rings. The van der Waals surface area contributed by atoms with Crippen LogP contribution in [0, 0.1) is 11.8 Å². The first-order valence-electron chi connectivity index (χ1n) is 8.24.